The van der Waals surface area contributed by atoms with E-state index in [0.29, 0.717) is 5.78 Å². The first kappa shape index (κ1) is 12.3. The van der Waals surface area contributed by atoms with Crippen LogP contribution in [0.4, 0.5) is 0 Å². The van der Waals surface area contributed by atoms with Crippen LogP contribution in [0.3, 0.4) is 0 Å². The fourth-order valence-corrected chi connectivity index (χ4v) is 2.87. The molecule has 0 amide bonds. The van der Waals surface area contributed by atoms with Gasteiger partial charge in [-0.25, -0.2) is 0 Å². The Morgan fingerprint density at radius 3 is 2.53 bits per heavy atom. The molecule has 0 aromatic heterocycles. The number of benzene rings is 1. The highest BCUT2D eigenvalue weighted by atomic mass is 16.1. The molecule has 2 rings (SSSR count). The number of carbonyl (C=O) groups is 1. The second-order valence-electron chi connectivity index (χ2n) is 5.16. The Kier molecular flexibility index (Phi) is 3.63. The Balaban J connectivity index is 2.36. The second kappa shape index (κ2) is 5.01. The molecule has 0 aliphatic carbocycles. The van der Waals surface area contributed by atoms with Crippen LogP contribution in [-0.2, 0) is 10.2 Å². The third-order valence-electron chi connectivity index (χ3n) is 4.06. The lowest BCUT2D eigenvalue weighted by Gasteiger charge is -2.30. The number of likely N-dealkylation sites (tertiary alicyclic amines) is 1. The van der Waals surface area contributed by atoms with Crippen molar-refractivity contribution in [3.8, 4) is 0 Å². The molecule has 1 atom stereocenters. The van der Waals surface area contributed by atoms with Crippen molar-refractivity contribution in [2.45, 2.75) is 31.6 Å². The third-order valence-corrected chi connectivity index (χ3v) is 4.06. The monoisotopic (exact) mass is 231 g/mol. The summed E-state index contributed by atoms with van der Waals surface area (Å²) >= 11 is 0. The number of Topliss-reactive ketones (excluding diaryl/α,β-unsaturated/α-hetero) is 1. The summed E-state index contributed by atoms with van der Waals surface area (Å²) in [7, 11) is 2.14. The third kappa shape index (κ3) is 2.42. The Bertz CT molecular complexity index is 387. The summed E-state index contributed by atoms with van der Waals surface area (Å²) in [4.78, 5) is 14.5. The molecule has 1 fully saturated rings. The molecule has 1 aliphatic rings. The minimum Gasteiger partial charge on any atom is -0.306 e. The van der Waals surface area contributed by atoms with Gasteiger partial charge in [-0.2, -0.15) is 0 Å². The number of ketones is 1. The molecule has 0 bridgehead atoms. The van der Waals surface area contributed by atoms with E-state index in [2.05, 4.69) is 24.1 Å². The van der Waals surface area contributed by atoms with Crippen LogP contribution in [0, 0.1) is 0 Å². The van der Waals surface area contributed by atoms with Crippen molar-refractivity contribution in [3.05, 3.63) is 35.9 Å². The lowest BCUT2D eigenvalue weighted by molar-refractivity contribution is -0.122. The predicted octanol–water partition coefficient (Wildman–Crippen LogP) is 2.63. The fraction of sp³-hybridized carbons (Fsp3) is 0.533. The van der Waals surface area contributed by atoms with Crippen LogP contribution in [0.1, 0.15) is 31.7 Å². The highest BCUT2D eigenvalue weighted by Crippen LogP contribution is 2.36. The lowest BCUT2D eigenvalue weighted by Crippen LogP contribution is -2.35. The van der Waals surface area contributed by atoms with Gasteiger partial charge < -0.3 is 4.90 Å². The summed E-state index contributed by atoms with van der Waals surface area (Å²) in [5.74, 6) is 0.319. The first-order valence-corrected chi connectivity index (χ1v) is 6.40. The Morgan fingerprint density at radius 1 is 1.18 bits per heavy atom. The van der Waals surface area contributed by atoms with E-state index in [0.717, 1.165) is 32.4 Å². The zero-order valence-corrected chi connectivity index (χ0v) is 10.8. The Morgan fingerprint density at radius 2 is 1.88 bits per heavy atom. The number of hydrogen-bond donors (Lipinski definition) is 0. The second-order valence-corrected chi connectivity index (χ2v) is 5.16. The van der Waals surface area contributed by atoms with E-state index in [-0.39, 0.29) is 5.41 Å². The van der Waals surface area contributed by atoms with Gasteiger partial charge in [0.2, 0.25) is 0 Å². The van der Waals surface area contributed by atoms with E-state index < -0.39 is 0 Å². The highest BCUT2D eigenvalue weighted by Gasteiger charge is 2.37. The lowest BCUT2D eigenvalue weighted by atomic mass is 9.72. The summed E-state index contributed by atoms with van der Waals surface area (Å²) in [6, 6.07) is 10.3. The van der Waals surface area contributed by atoms with Crippen LogP contribution in [0.25, 0.3) is 0 Å². The van der Waals surface area contributed by atoms with E-state index in [1.54, 1.807) is 6.92 Å². The van der Waals surface area contributed by atoms with Crippen molar-refractivity contribution in [2.24, 2.45) is 0 Å². The molecule has 2 heteroatoms. The van der Waals surface area contributed by atoms with E-state index in [1.165, 1.54) is 5.56 Å². The zero-order chi connectivity index (χ0) is 12.3. The summed E-state index contributed by atoms with van der Waals surface area (Å²) in [5, 5.41) is 0. The maximum Gasteiger partial charge on any atom is 0.140 e. The molecule has 1 aromatic rings. The molecule has 1 saturated heterocycles. The van der Waals surface area contributed by atoms with Gasteiger partial charge in [-0.05, 0) is 51.9 Å². The van der Waals surface area contributed by atoms with Gasteiger partial charge in [0.25, 0.3) is 0 Å². The van der Waals surface area contributed by atoms with Gasteiger partial charge in [0.05, 0.1) is 5.41 Å². The first-order valence-electron chi connectivity index (χ1n) is 6.40. The fourth-order valence-electron chi connectivity index (χ4n) is 2.87. The van der Waals surface area contributed by atoms with E-state index >= 15 is 0 Å². The van der Waals surface area contributed by atoms with Crippen molar-refractivity contribution in [1.29, 1.82) is 0 Å². The van der Waals surface area contributed by atoms with Crippen molar-refractivity contribution >= 4 is 5.78 Å². The zero-order valence-electron chi connectivity index (χ0n) is 10.8. The van der Waals surface area contributed by atoms with Crippen LogP contribution in [-0.4, -0.2) is 30.8 Å². The van der Waals surface area contributed by atoms with Gasteiger partial charge in [0.1, 0.15) is 5.78 Å². The van der Waals surface area contributed by atoms with E-state index in [4.69, 9.17) is 0 Å². The smallest absolute Gasteiger partial charge is 0.140 e. The van der Waals surface area contributed by atoms with Gasteiger partial charge >= 0.3 is 0 Å². The van der Waals surface area contributed by atoms with Crippen LogP contribution in [0.2, 0.25) is 0 Å². The number of carbonyl (C=O) groups excluding carboxylic acids is 1. The minimum absolute atomic E-state index is 0.244. The molecular weight excluding hydrogens is 210 g/mol. The molecule has 17 heavy (non-hydrogen) atoms. The molecular formula is C15H21NO. The Hall–Kier alpha value is -1.15. The van der Waals surface area contributed by atoms with Crippen LogP contribution in [0.5, 0.6) is 0 Å². The summed E-state index contributed by atoms with van der Waals surface area (Å²) in [6.07, 6.45) is 3.03. The van der Waals surface area contributed by atoms with Gasteiger partial charge in [-0.15, -0.1) is 0 Å². The average Bonchev–Trinajstić information content (AvgIpc) is 2.53. The summed E-state index contributed by atoms with van der Waals surface area (Å²) in [6.45, 7) is 3.86. The number of rotatable bonds is 2. The molecule has 2 nitrogen and oxygen atoms in total. The van der Waals surface area contributed by atoms with Crippen molar-refractivity contribution < 1.29 is 4.79 Å². The first-order chi connectivity index (χ1) is 8.15. The van der Waals surface area contributed by atoms with Gasteiger partial charge in [0.15, 0.2) is 0 Å². The highest BCUT2D eigenvalue weighted by molar-refractivity contribution is 5.88. The van der Waals surface area contributed by atoms with Crippen LogP contribution in [0.15, 0.2) is 30.3 Å². The summed E-state index contributed by atoms with van der Waals surface area (Å²) < 4.78 is 0. The van der Waals surface area contributed by atoms with Crippen LogP contribution >= 0.6 is 0 Å². The van der Waals surface area contributed by atoms with Crippen molar-refractivity contribution in [1.82, 2.24) is 4.90 Å². The molecule has 0 spiro atoms. The maximum atomic E-state index is 12.2. The van der Waals surface area contributed by atoms with E-state index in [1.807, 2.05) is 18.2 Å². The molecule has 0 unspecified atom stereocenters. The van der Waals surface area contributed by atoms with Gasteiger partial charge in [-0.3, -0.25) is 4.79 Å². The summed E-state index contributed by atoms with van der Waals surface area (Å²) in [5.41, 5.74) is 0.953. The molecule has 0 saturated carbocycles. The average molecular weight is 231 g/mol. The molecule has 0 N–H and O–H groups in total. The Labute approximate surface area is 104 Å². The minimum atomic E-state index is -0.244. The van der Waals surface area contributed by atoms with Crippen molar-refractivity contribution in [3.63, 3.8) is 0 Å². The quantitative estimate of drug-likeness (QED) is 0.780. The standard InChI is InChI=1S/C15H21NO/c1-13(17)15(14-7-4-3-5-8-14)9-6-11-16(2)12-10-15/h3-5,7-8H,6,9-12H2,1-2H3/t15-/m1/s1. The molecule has 1 aromatic carbocycles. The van der Waals surface area contributed by atoms with Gasteiger partial charge in [0, 0.05) is 0 Å². The topological polar surface area (TPSA) is 20.3 Å². The molecule has 0 radical (unpaired) electrons. The number of nitrogens with zero attached hydrogens (tertiary/aromatic N) is 1. The SMILES string of the molecule is CC(=O)[C@@]1(c2ccccc2)CCCN(C)CC1. The molecule has 1 aliphatic heterocycles. The normalized spacial score (nSPS) is 26.5. The number of hydrogen-bond acceptors (Lipinski definition) is 2. The van der Waals surface area contributed by atoms with Crippen molar-refractivity contribution in [2.75, 3.05) is 20.1 Å². The van der Waals surface area contributed by atoms with Crippen LogP contribution < -0.4 is 0 Å². The predicted molar refractivity (Wildman–Crippen MR) is 70.1 cm³/mol. The van der Waals surface area contributed by atoms with Gasteiger partial charge in [-0.1, -0.05) is 30.3 Å². The maximum absolute atomic E-state index is 12.2. The largest absolute Gasteiger partial charge is 0.306 e. The molecule has 1 heterocycles. The van der Waals surface area contributed by atoms with E-state index in [9.17, 15) is 4.79 Å². The molecule has 92 valence electrons.